The molecular weight excluding hydrogens is 234 g/mol. The monoisotopic (exact) mass is 251 g/mol. The first-order chi connectivity index (χ1) is 8.17. The molecule has 2 heterocycles. The number of aromatic nitrogens is 1. The van der Waals surface area contributed by atoms with E-state index in [9.17, 15) is 4.79 Å². The van der Waals surface area contributed by atoms with Crippen LogP contribution in [0.15, 0.2) is 0 Å². The predicted molar refractivity (Wildman–Crippen MR) is 68.4 cm³/mol. The van der Waals surface area contributed by atoms with E-state index in [0.29, 0.717) is 0 Å². The van der Waals surface area contributed by atoms with E-state index < -0.39 is 0 Å². The number of nitrogens with one attached hydrogen (secondary N) is 2. The lowest BCUT2D eigenvalue weighted by molar-refractivity contribution is -0.123. The van der Waals surface area contributed by atoms with Crippen LogP contribution in [-0.4, -0.2) is 24.0 Å². The zero-order valence-corrected chi connectivity index (χ0v) is 10.8. The maximum Gasteiger partial charge on any atom is 0.233 e. The van der Waals surface area contributed by atoms with Gasteiger partial charge in [-0.1, -0.05) is 0 Å². The molecule has 0 radical (unpaired) electrons. The zero-order chi connectivity index (χ0) is 11.9. The first-order valence-corrected chi connectivity index (χ1v) is 7.00. The Kier molecular flexibility index (Phi) is 2.67. The molecule has 1 fully saturated rings. The Morgan fingerprint density at radius 1 is 1.53 bits per heavy atom. The molecule has 1 atom stereocenters. The lowest BCUT2D eigenvalue weighted by Crippen LogP contribution is -2.35. The molecule has 92 valence electrons. The van der Waals surface area contributed by atoms with Crippen molar-refractivity contribution in [1.29, 1.82) is 0 Å². The highest BCUT2D eigenvalue weighted by atomic mass is 32.1. The highest BCUT2D eigenvalue weighted by Gasteiger charge is 2.36. The molecule has 2 N–H and O–H groups in total. The molecule has 2 aliphatic rings. The SMILES string of the molecule is CC1(C(=O)Nc2nc3c(s2)CCC3)CCNC1. The van der Waals surface area contributed by atoms with E-state index in [1.807, 2.05) is 6.92 Å². The topological polar surface area (TPSA) is 54.0 Å². The summed E-state index contributed by atoms with van der Waals surface area (Å²) in [6.45, 7) is 3.71. The van der Waals surface area contributed by atoms with Gasteiger partial charge in [0.15, 0.2) is 5.13 Å². The Labute approximate surface area is 105 Å². The van der Waals surface area contributed by atoms with Gasteiger partial charge >= 0.3 is 0 Å². The van der Waals surface area contributed by atoms with Gasteiger partial charge in [0, 0.05) is 11.4 Å². The van der Waals surface area contributed by atoms with Crippen molar-refractivity contribution in [3.8, 4) is 0 Å². The summed E-state index contributed by atoms with van der Waals surface area (Å²) in [4.78, 5) is 18.0. The maximum atomic E-state index is 12.2. The van der Waals surface area contributed by atoms with Crippen molar-refractivity contribution in [3.05, 3.63) is 10.6 Å². The third-order valence-electron chi connectivity index (χ3n) is 3.73. The normalized spacial score (nSPS) is 27.1. The number of anilines is 1. The van der Waals surface area contributed by atoms with Crippen LogP contribution in [0, 0.1) is 5.41 Å². The van der Waals surface area contributed by atoms with Crippen LogP contribution < -0.4 is 10.6 Å². The number of rotatable bonds is 2. The van der Waals surface area contributed by atoms with Crippen molar-refractivity contribution in [1.82, 2.24) is 10.3 Å². The molecule has 1 unspecified atom stereocenters. The molecule has 1 aromatic heterocycles. The molecule has 0 bridgehead atoms. The number of carbonyl (C=O) groups is 1. The second kappa shape index (κ2) is 4.07. The maximum absolute atomic E-state index is 12.2. The van der Waals surface area contributed by atoms with Crippen LogP contribution in [-0.2, 0) is 17.6 Å². The van der Waals surface area contributed by atoms with Gasteiger partial charge in [-0.25, -0.2) is 4.98 Å². The minimum atomic E-state index is -0.268. The summed E-state index contributed by atoms with van der Waals surface area (Å²) in [6.07, 6.45) is 4.32. The molecule has 1 amide bonds. The molecule has 5 heteroatoms. The molecule has 3 rings (SSSR count). The molecule has 0 aromatic carbocycles. The summed E-state index contributed by atoms with van der Waals surface area (Å²) in [7, 11) is 0. The van der Waals surface area contributed by atoms with Crippen LogP contribution in [0.2, 0.25) is 0 Å². The third kappa shape index (κ3) is 1.98. The highest BCUT2D eigenvalue weighted by molar-refractivity contribution is 7.15. The zero-order valence-electron chi connectivity index (χ0n) is 10.0. The van der Waals surface area contributed by atoms with Crippen LogP contribution in [0.1, 0.15) is 30.3 Å². The molecule has 1 aliphatic carbocycles. The van der Waals surface area contributed by atoms with Gasteiger partial charge in [0.25, 0.3) is 0 Å². The summed E-state index contributed by atoms with van der Waals surface area (Å²) in [6, 6.07) is 0. The largest absolute Gasteiger partial charge is 0.316 e. The Morgan fingerprint density at radius 3 is 3.12 bits per heavy atom. The van der Waals surface area contributed by atoms with Gasteiger partial charge in [-0.2, -0.15) is 0 Å². The summed E-state index contributed by atoms with van der Waals surface area (Å²) < 4.78 is 0. The Balaban J connectivity index is 1.72. The van der Waals surface area contributed by atoms with E-state index in [0.717, 1.165) is 37.5 Å². The number of carbonyl (C=O) groups excluding carboxylic acids is 1. The number of thiazole rings is 1. The van der Waals surface area contributed by atoms with Crippen LogP contribution in [0.4, 0.5) is 5.13 Å². The first kappa shape index (κ1) is 11.2. The van der Waals surface area contributed by atoms with E-state index in [1.165, 1.54) is 17.0 Å². The number of hydrogen-bond donors (Lipinski definition) is 2. The second-order valence-electron chi connectivity index (χ2n) is 5.18. The fourth-order valence-corrected chi connectivity index (χ4v) is 3.55. The molecule has 1 aromatic rings. The summed E-state index contributed by atoms with van der Waals surface area (Å²) in [5.74, 6) is 0.106. The first-order valence-electron chi connectivity index (χ1n) is 6.18. The fourth-order valence-electron chi connectivity index (χ4n) is 2.50. The van der Waals surface area contributed by atoms with Crippen LogP contribution in [0.3, 0.4) is 0 Å². The lowest BCUT2D eigenvalue weighted by atomic mass is 9.89. The Bertz CT molecular complexity index is 427. The summed E-state index contributed by atoms with van der Waals surface area (Å²) >= 11 is 1.64. The van der Waals surface area contributed by atoms with Crippen LogP contribution >= 0.6 is 11.3 Å². The highest BCUT2D eigenvalue weighted by Crippen LogP contribution is 2.32. The van der Waals surface area contributed by atoms with Gasteiger partial charge in [0.05, 0.1) is 11.1 Å². The number of hydrogen-bond acceptors (Lipinski definition) is 4. The number of amides is 1. The molecule has 1 saturated heterocycles. The van der Waals surface area contributed by atoms with Crippen LogP contribution in [0.5, 0.6) is 0 Å². The van der Waals surface area contributed by atoms with E-state index in [2.05, 4.69) is 15.6 Å². The number of aryl methyl sites for hydroxylation is 2. The molecule has 0 spiro atoms. The van der Waals surface area contributed by atoms with Gasteiger partial charge in [-0.05, 0) is 39.2 Å². The molecule has 17 heavy (non-hydrogen) atoms. The quantitative estimate of drug-likeness (QED) is 0.839. The summed E-state index contributed by atoms with van der Waals surface area (Å²) in [5, 5.41) is 7.01. The average Bonchev–Trinajstić information content (AvgIpc) is 2.93. The number of fused-ring (bicyclic) bond motifs is 1. The van der Waals surface area contributed by atoms with Crippen LogP contribution in [0.25, 0.3) is 0 Å². The molecular formula is C12H17N3OS. The van der Waals surface area contributed by atoms with E-state index in [1.54, 1.807) is 11.3 Å². The van der Waals surface area contributed by atoms with Crippen molar-refractivity contribution in [2.75, 3.05) is 18.4 Å². The van der Waals surface area contributed by atoms with E-state index in [-0.39, 0.29) is 11.3 Å². The Hall–Kier alpha value is -0.940. The minimum absolute atomic E-state index is 0.106. The van der Waals surface area contributed by atoms with Crippen molar-refractivity contribution < 1.29 is 4.79 Å². The van der Waals surface area contributed by atoms with Gasteiger partial charge in [-0.15, -0.1) is 11.3 Å². The van der Waals surface area contributed by atoms with Gasteiger partial charge in [-0.3, -0.25) is 4.79 Å². The van der Waals surface area contributed by atoms with E-state index >= 15 is 0 Å². The second-order valence-corrected chi connectivity index (χ2v) is 6.27. The molecule has 1 aliphatic heterocycles. The molecule has 0 saturated carbocycles. The molecule has 4 nitrogen and oxygen atoms in total. The van der Waals surface area contributed by atoms with Gasteiger partial charge < -0.3 is 10.6 Å². The third-order valence-corrected chi connectivity index (χ3v) is 4.81. The minimum Gasteiger partial charge on any atom is -0.316 e. The van der Waals surface area contributed by atoms with Crippen molar-refractivity contribution in [3.63, 3.8) is 0 Å². The van der Waals surface area contributed by atoms with E-state index in [4.69, 9.17) is 0 Å². The summed E-state index contributed by atoms with van der Waals surface area (Å²) in [5.41, 5.74) is 0.927. The van der Waals surface area contributed by atoms with Gasteiger partial charge in [0.2, 0.25) is 5.91 Å². The number of nitrogens with zero attached hydrogens (tertiary/aromatic N) is 1. The lowest BCUT2D eigenvalue weighted by Gasteiger charge is -2.20. The van der Waals surface area contributed by atoms with Crippen molar-refractivity contribution >= 4 is 22.4 Å². The standard InChI is InChI=1S/C12H17N3OS/c1-12(5-6-13-7-12)10(16)15-11-14-8-3-2-4-9(8)17-11/h13H,2-7H2,1H3,(H,14,15,16). The fraction of sp³-hybridized carbons (Fsp3) is 0.667. The predicted octanol–water partition coefficient (Wildman–Crippen LogP) is 1.57. The average molecular weight is 251 g/mol. The Morgan fingerprint density at radius 2 is 2.41 bits per heavy atom. The van der Waals surface area contributed by atoms with Crippen molar-refractivity contribution in [2.24, 2.45) is 5.41 Å². The van der Waals surface area contributed by atoms with Gasteiger partial charge in [0.1, 0.15) is 0 Å². The van der Waals surface area contributed by atoms with Crippen molar-refractivity contribution in [2.45, 2.75) is 32.6 Å². The smallest absolute Gasteiger partial charge is 0.233 e.